The van der Waals surface area contributed by atoms with Crippen molar-refractivity contribution in [2.45, 2.75) is 64.2 Å². The third kappa shape index (κ3) is 5.89. The number of hydrogen-bond acceptors (Lipinski definition) is 4. The topological polar surface area (TPSA) is 67.4 Å². The van der Waals surface area contributed by atoms with Gasteiger partial charge in [0, 0.05) is 24.3 Å². The van der Waals surface area contributed by atoms with Gasteiger partial charge in [-0.05, 0) is 71.4 Å². The third-order valence-electron chi connectivity index (χ3n) is 4.71. The van der Waals surface area contributed by atoms with Crippen molar-refractivity contribution in [1.82, 2.24) is 4.72 Å². The first kappa shape index (κ1) is 20.0. The molecular weight excluding hydrogens is 336 g/mol. The maximum atomic E-state index is 12.3. The van der Waals surface area contributed by atoms with Crippen LogP contribution in [-0.4, -0.2) is 32.4 Å². The van der Waals surface area contributed by atoms with E-state index in [-0.39, 0.29) is 6.04 Å². The van der Waals surface area contributed by atoms with Crippen molar-refractivity contribution < 1.29 is 13.2 Å². The van der Waals surface area contributed by atoms with E-state index in [1.165, 1.54) is 0 Å². The molecule has 0 heterocycles. The quantitative estimate of drug-likeness (QED) is 0.769. The van der Waals surface area contributed by atoms with Crippen molar-refractivity contribution in [2.24, 2.45) is 5.92 Å². The summed E-state index contributed by atoms with van der Waals surface area (Å²) in [7, 11) is -3.26. The summed E-state index contributed by atoms with van der Waals surface area (Å²) in [6.07, 6.45) is 3.88. The molecule has 0 aromatic heterocycles. The van der Waals surface area contributed by atoms with Crippen LogP contribution in [0.5, 0.6) is 5.75 Å². The van der Waals surface area contributed by atoms with Crippen molar-refractivity contribution >= 4 is 15.7 Å². The molecule has 0 spiro atoms. The molecule has 2 rings (SSSR count). The Kier molecular flexibility index (Phi) is 6.74. The van der Waals surface area contributed by atoms with Crippen LogP contribution in [0, 0.1) is 5.92 Å². The van der Waals surface area contributed by atoms with Crippen LogP contribution in [0.2, 0.25) is 0 Å². The van der Waals surface area contributed by atoms with Crippen molar-refractivity contribution in [3.05, 3.63) is 24.3 Å². The average molecular weight is 369 g/mol. The van der Waals surface area contributed by atoms with Crippen molar-refractivity contribution in [3.63, 3.8) is 0 Å². The first-order valence-electron chi connectivity index (χ1n) is 9.20. The average Bonchev–Trinajstić information content (AvgIpc) is 2.53. The second-order valence-corrected chi connectivity index (χ2v) is 10.3. The van der Waals surface area contributed by atoms with Crippen LogP contribution < -0.4 is 14.8 Å². The van der Waals surface area contributed by atoms with Crippen molar-refractivity contribution in [2.75, 3.05) is 18.5 Å². The zero-order valence-electron chi connectivity index (χ0n) is 15.8. The lowest BCUT2D eigenvalue weighted by molar-refractivity contribution is 0.322. The molecule has 0 radical (unpaired) electrons. The van der Waals surface area contributed by atoms with E-state index in [1.807, 2.05) is 31.2 Å². The standard InChI is InChI=1S/C19H32N2O3S/c1-5-24-18-8-6-7-17(13-18)20-14-15-9-11-16(12-10-15)21-25(22,23)19(2,3)4/h6-8,13,15-16,20-21H,5,9-12,14H2,1-4H3. The lowest BCUT2D eigenvalue weighted by Gasteiger charge is -2.31. The minimum absolute atomic E-state index is 0.0711. The molecule has 0 aliphatic heterocycles. The summed E-state index contributed by atoms with van der Waals surface area (Å²) in [6, 6.07) is 8.09. The summed E-state index contributed by atoms with van der Waals surface area (Å²) in [6.45, 7) is 8.77. The number of hydrogen-bond donors (Lipinski definition) is 2. The second-order valence-electron chi connectivity index (χ2n) is 7.79. The monoisotopic (exact) mass is 368 g/mol. The minimum atomic E-state index is -3.26. The summed E-state index contributed by atoms with van der Waals surface area (Å²) in [5.74, 6) is 1.46. The second kappa shape index (κ2) is 8.41. The van der Waals surface area contributed by atoms with Gasteiger partial charge in [0.15, 0.2) is 0 Å². The molecule has 1 saturated carbocycles. The number of ether oxygens (including phenoxy) is 1. The number of rotatable bonds is 7. The van der Waals surface area contributed by atoms with E-state index >= 15 is 0 Å². The highest BCUT2D eigenvalue weighted by atomic mass is 32.2. The predicted molar refractivity (Wildman–Crippen MR) is 104 cm³/mol. The van der Waals surface area contributed by atoms with Crippen LogP contribution in [-0.2, 0) is 10.0 Å². The zero-order valence-corrected chi connectivity index (χ0v) is 16.7. The molecule has 2 N–H and O–H groups in total. The highest BCUT2D eigenvalue weighted by Gasteiger charge is 2.32. The summed E-state index contributed by atoms with van der Waals surface area (Å²) >= 11 is 0. The fourth-order valence-electron chi connectivity index (χ4n) is 3.01. The molecule has 142 valence electrons. The van der Waals surface area contributed by atoms with E-state index in [2.05, 4.69) is 10.0 Å². The highest BCUT2D eigenvalue weighted by Crippen LogP contribution is 2.27. The Bertz CT molecular complexity index is 645. The van der Waals surface area contributed by atoms with Gasteiger partial charge in [-0.25, -0.2) is 13.1 Å². The van der Waals surface area contributed by atoms with Crippen LogP contribution in [0.15, 0.2) is 24.3 Å². The van der Waals surface area contributed by atoms with Crippen LogP contribution >= 0.6 is 0 Å². The third-order valence-corrected chi connectivity index (χ3v) is 6.97. The van der Waals surface area contributed by atoms with Gasteiger partial charge >= 0.3 is 0 Å². The molecule has 0 bridgehead atoms. The van der Waals surface area contributed by atoms with Gasteiger partial charge < -0.3 is 10.1 Å². The van der Waals surface area contributed by atoms with E-state index in [1.54, 1.807) is 20.8 Å². The molecule has 1 aromatic carbocycles. The van der Waals surface area contributed by atoms with Gasteiger partial charge in [0.25, 0.3) is 0 Å². The Labute approximate surface area is 152 Å². The smallest absolute Gasteiger partial charge is 0.216 e. The molecule has 0 atom stereocenters. The molecule has 1 fully saturated rings. The van der Waals surface area contributed by atoms with Gasteiger partial charge in [-0.3, -0.25) is 0 Å². The fourth-order valence-corrected chi connectivity index (χ4v) is 4.03. The Morgan fingerprint density at radius 3 is 2.44 bits per heavy atom. The Hall–Kier alpha value is -1.27. The summed E-state index contributed by atoms with van der Waals surface area (Å²) in [5, 5.41) is 3.48. The van der Waals surface area contributed by atoms with Gasteiger partial charge in [0.1, 0.15) is 5.75 Å². The maximum absolute atomic E-state index is 12.3. The van der Waals surface area contributed by atoms with Gasteiger partial charge in [0.2, 0.25) is 10.0 Å². The molecule has 1 aromatic rings. The van der Waals surface area contributed by atoms with Crippen molar-refractivity contribution in [1.29, 1.82) is 0 Å². The van der Waals surface area contributed by atoms with E-state index in [4.69, 9.17) is 4.74 Å². The maximum Gasteiger partial charge on any atom is 0.216 e. The molecule has 6 heteroatoms. The lowest BCUT2D eigenvalue weighted by Crippen LogP contribution is -2.46. The minimum Gasteiger partial charge on any atom is -0.494 e. The first-order chi connectivity index (χ1) is 11.7. The molecule has 1 aliphatic carbocycles. The number of benzene rings is 1. The SMILES string of the molecule is CCOc1cccc(NCC2CCC(NS(=O)(=O)C(C)(C)C)CC2)c1. The van der Waals surface area contributed by atoms with E-state index in [9.17, 15) is 8.42 Å². The fraction of sp³-hybridized carbons (Fsp3) is 0.684. The molecule has 1 aliphatic rings. The Morgan fingerprint density at radius 2 is 1.84 bits per heavy atom. The predicted octanol–water partition coefficient (Wildman–Crippen LogP) is 3.77. The molecule has 5 nitrogen and oxygen atoms in total. The van der Waals surface area contributed by atoms with Crippen LogP contribution in [0.1, 0.15) is 53.4 Å². The van der Waals surface area contributed by atoms with Crippen LogP contribution in [0.4, 0.5) is 5.69 Å². The van der Waals surface area contributed by atoms with Gasteiger partial charge in [-0.15, -0.1) is 0 Å². The zero-order chi connectivity index (χ0) is 18.5. The van der Waals surface area contributed by atoms with Crippen molar-refractivity contribution in [3.8, 4) is 5.75 Å². The van der Waals surface area contributed by atoms with E-state index in [0.29, 0.717) is 12.5 Å². The molecule has 25 heavy (non-hydrogen) atoms. The summed E-state index contributed by atoms with van der Waals surface area (Å²) in [4.78, 5) is 0. The highest BCUT2D eigenvalue weighted by molar-refractivity contribution is 7.90. The van der Waals surface area contributed by atoms with Crippen LogP contribution in [0.25, 0.3) is 0 Å². The van der Waals surface area contributed by atoms with Gasteiger partial charge in [-0.1, -0.05) is 6.07 Å². The van der Waals surface area contributed by atoms with Gasteiger partial charge in [0.05, 0.1) is 11.4 Å². The summed E-state index contributed by atoms with van der Waals surface area (Å²) in [5.41, 5.74) is 1.07. The largest absolute Gasteiger partial charge is 0.494 e. The Balaban J connectivity index is 1.78. The first-order valence-corrected chi connectivity index (χ1v) is 10.7. The Morgan fingerprint density at radius 1 is 1.16 bits per heavy atom. The summed E-state index contributed by atoms with van der Waals surface area (Å²) < 4.78 is 32.2. The molecular formula is C19H32N2O3S. The van der Waals surface area contributed by atoms with E-state index < -0.39 is 14.8 Å². The van der Waals surface area contributed by atoms with Crippen LogP contribution in [0.3, 0.4) is 0 Å². The number of nitrogens with one attached hydrogen (secondary N) is 2. The molecule has 0 amide bonds. The molecule has 0 saturated heterocycles. The normalized spacial score (nSPS) is 21.8. The van der Waals surface area contributed by atoms with E-state index in [0.717, 1.165) is 43.7 Å². The number of sulfonamides is 1. The molecule has 0 unspecified atom stereocenters. The van der Waals surface area contributed by atoms with Gasteiger partial charge in [-0.2, -0.15) is 0 Å². The number of anilines is 1. The lowest BCUT2D eigenvalue weighted by atomic mass is 9.86.